The van der Waals surface area contributed by atoms with Gasteiger partial charge in [0.15, 0.2) is 0 Å². The second kappa shape index (κ2) is 6.46. The fraction of sp³-hybridized carbons (Fsp3) is 0.0400. The number of nitrogens with zero attached hydrogens (tertiary/aromatic N) is 2. The standard InChI is InChI=1S/C25H18N2O/c1-17-9-3-2-4-13-24(28)27-23-12-6-5-10-19(23)21-16-18(15-20(17)25(21)27)22-11-7-8-14-26-22/h2-12,14-16H,1,13H2/b4-2-,9-3-. The minimum Gasteiger partial charge on any atom is -0.279 e. The normalized spacial score (nSPS) is 16.4. The predicted molar refractivity (Wildman–Crippen MR) is 115 cm³/mol. The topological polar surface area (TPSA) is 34.9 Å². The maximum Gasteiger partial charge on any atom is 0.235 e. The lowest BCUT2D eigenvalue weighted by Crippen LogP contribution is -2.10. The lowest BCUT2D eigenvalue weighted by atomic mass is 9.97. The van der Waals surface area contributed by atoms with Crippen molar-refractivity contribution in [3.8, 4) is 11.3 Å². The molecule has 1 aliphatic heterocycles. The molecule has 0 bridgehead atoms. The summed E-state index contributed by atoms with van der Waals surface area (Å²) in [5.74, 6) is 0.0531. The monoisotopic (exact) mass is 362 g/mol. The van der Waals surface area contributed by atoms with E-state index in [0.29, 0.717) is 6.42 Å². The van der Waals surface area contributed by atoms with Gasteiger partial charge in [-0.3, -0.25) is 14.3 Å². The van der Waals surface area contributed by atoms with Crippen LogP contribution in [-0.2, 0) is 0 Å². The molecule has 0 amide bonds. The van der Waals surface area contributed by atoms with Crippen molar-refractivity contribution in [3.63, 3.8) is 0 Å². The Morgan fingerprint density at radius 1 is 0.964 bits per heavy atom. The van der Waals surface area contributed by atoms with E-state index >= 15 is 0 Å². The van der Waals surface area contributed by atoms with Gasteiger partial charge in [-0.2, -0.15) is 0 Å². The zero-order valence-electron chi connectivity index (χ0n) is 15.3. The minimum atomic E-state index is 0.0531. The number of hydrogen-bond donors (Lipinski definition) is 0. The van der Waals surface area contributed by atoms with E-state index in [-0.39, 0.29) is 5.91 Å². The van der Waals surface area contributed by atoms with E-state index in [1.807, 2.05) is 65.3 Å². The molecule has 2 aromatic carbocycles. The van der Waals surface area contributed by atoms with Crippen LogP contribution in [0.3, 0.4) is 0 Å². The van der Waals surface area contributed by atoms with Gasteiger partial charge in [-0.25, -0.2) is 0 Å². The largest absolute Gasteiger partial charge is 0.279 e. The first kappa shape index (κ1) is 16.5. The van der Waals surface area contributed by atoms with Crippen LogP contribution in [0.4, 0.5) is 0 Å². The number of hydrogen-bond acceptors (Lipinski definition) is 2. The molecule has 0 saturated heterocycles. The predicted octanol–water partition coefficient (Wildman–Crippen LogP) is 6.03. The molecule has 28 heavy (non-hydrogen) atoms. The highest BCUT2D eigenvalue weighted by molar-refractivity contribution is 6.17. The van der Waals surface area contributed by atoms with Crippen LogP contribution in [0.1, 0.15) is 16.8 Å². The van der Waals surface area contributed by atoms with Crippen LogP contribution >= 0.6 is 0 Å². The zero-order chi connectivity index (χ0) is 19.1. The summed E-state index contributed by atoms with van der Waals surface area (Å²) >= 11 is 0. The van der Waals surface area contributed by atoms with Gasteiger partial charge in [0.05, 0.1) is 16.7 Å². The van der Waals surface area contributed by atoms with Crippen LogP contribution in [0.25, 0.3) is 38.6 Å². The summed E-state index contributed by atoms with van der Waals surface area (Å²) in [6.07, 6.45) is 9.87. The molecule has 2 aromatic heterocycles. The van der Waals surface area contributed by atoms with Crippen molar-refractivity contribution in [2.75, 3.05) is 0 Å². The molecule has 0 N–H and O–H groups in total. The number of fused-ring (bicyclic) bond motifs is 3. The maximum absolute atomic E-state index is 13.1. The Balaban J connectivity index is 1.96. The molecule has 0 spiro atoms. The number of rotatable bonds is 1. The van der Waals surface area contributed by atoms with Crippen molar-refractivity contribution in [2.24, 2.45) is 0 Å². The van der Waals surface area contributed by atoms with Crippen molar-refractivity contribution in [1.29, 1.82) is 0 Å². The summed E-state index contributed by atoms with van der Waals surface area (Å²) in [4.78, 5) is 17.6. The molecule has 1 aliphatic rings. The summed E-state index contributed by atoms with van der Waals surface area (Å²) in [6.45, 7) is 4.28. The minimum absolute atomic E-state index is 0.0531. The van der Waals surface area contributed by atoms with E-state index in [9.17, 15) is 4.79 Å². The van der Waals surface area contributed by atoms with Gasteiger partial charge in [0.2, 0.25) is 5.91 Å². The van der Waals surface area contributed by atoms with Gasteiger partial charge in [-0.05, 0) is 35.9 Å². The number of carbonyl (C=O) groups excluding carboxylic acids is 1. The number of allylic oxidation sites excluding steroid dienone is 5. The van der Waals surface area contributed by atoms with E-state index in [2.05, 4.69) is 29.8 Å². The molecule has 0 saturated carbocycles. The lowest BCUT2D eigenvalue weighted by Gasteiger charge is -2.12. The highest BCUT2D eigenvalue weighted by Gasteiger charge is 2.20. The van der Waals surface area contributed by atoms with E-state index < -0.39 is 0 Å². The number of aromatic nitrogens is 2. The maximum atomic E-state index is 13.1. The lowest BCUT2D eigenvalue weighted by molar-refractivity contribution is 0.0927. The number of pyridine rings is 1. The molecule has 0 radical (unpaired) electrons. The van der Waals surface area contributed by atoms with Gasteiger partial charge in [0, 0.05) is 34.5 Å². The van der Waals surface area contributed by atoms with Gasteiger partial charge in [-0.15, -0.1) is 0 Å². The Bertz CT molecular complexity index is 1310. The molecule has 0 aliphatic carbocycles. The molecule has 134 valence electrons. The molecule has 4 aromatic rings. The van der Waals surface area contributed by atoms with Crippen LogP contribution in [0.15, 0.2) is 91.7 Å². The second-order valence-electron chi connectivity index (χ2n) is 6.90. The van der Waals surface area contributed by atoms with Crippen LogP contribution < -0.4 is 0 Å². The molecule has 0 atom stereocenters. The van der Waals surface area contributed by atoms with E-state index in [1.54, 1.807) is 6.20 Å². The fourth-order valence-corrected chi connectivity index (χ4v) is 3.88. The SMILES string of the molecule is C=C1/C=C\C=C/CC(=O)n2c3ccccc3c3cc(-c4ccccn4)cc1c32. The molecule has 3 heterocycles. The summed E-state index contributed by atoms with van der Waals surface area (Å²) in [6, 6.07) is 18.2. The molecular formula is C25H18N2O. The molecular weight excluding hydrogens is 344 g/mol. The number of benzene rings is 2. The average Bonchev–Trinajstić information content (AvgIpc) is 3.07. The molecule has 3 nitrogen and oxygen atoms in total. The van der Waals surface area contributed by atoms with Gasteiger partial charge in [0.25, 0.3) is 0 Å². The quantitative estimate of drug-likeness (QED) is 0.415. The van der Waals surface area contributed by atoms with Gasteiger partial charge >= 0.3 is 0 Å². The van der Waals surface area contributed by atoms with Crippen molar-refractivity contribution < 1.29 is 4.79 Å². The third kappa shape index (κ3) is 2.52. The molecule has 3 heteroatoms. The third-order valence-electron chi connectivity index (χ3n) is 5.16. The highest BCUT2D eigenvalue weighted by Crippen LogP contribution is 2.37. The highest BCUT2D eigenvalue weighted by atomic mass is 16.2. The Hall–Kier alpha value is -3.72. The molecule has 5 rings (SSSR count). The summed E-state index contributed by atoms with van der Waals surface area (Å²) < 4.78 is 1.84. The number of para-hydroxylation sites is 1. The van der Waals surface area contributed by atoms with Crippen molar-refractivity contribution in [1.82, 2.24) is 9.55 Å². The molecule has 0 fully saturated rings. The number of carbonyl (C=O) groups is 1. The van der Waals surface area contributed by atoms with E-state index in [0.717, 1.165) is 44.2 Å². The Morgan fingerprint density at radius 2 is 1.82 bits per heavy atom. The zero-order valence-corrected chi connectivity index (χ0v) is 15.3. The summed E-state index contributed by atoms with van der Waals surface area (Å²) in [5.41, 5.74) is 5.57. The van der Waals surface area contributed by atoms with Crippen molar-refractivity contribution in [3.05, 3.63) is 97.2 Å². The van der Waals surface area contributed by atoms with E-state index in [4.69, 9.17) is 0 Å². The Labute approximate surface area is 162 Å². The second-order valence-corrected chi connectivity index (χ2v) is 6.90. The Kier molecular flexibility index (Phi) is 3.80. The van der Waals surface area contributed by atoms with Crippen LogP contribution in [0, 0.1) is 0 Å². The van der Waals surface area contributed by atoms with Gasteiger partial charge < -0.3 is 0 Å². The first-order chi connectivity index (χ1) is 13.7. The fourth-order valence-electron chi connectivity index (χ4n) is 3.88. The van der Waals surface area contributed by atoms with Gasteiger partial charge in [0.1, 0.15) is 0 Å². The van der Waals surface area contributed by atoms with Gasteiger partial charge in [-0.1, -0.05) is 55.1 Å². The summed E-state index contributed by atoms with van der Waals surface area (Å²) in [5, 5.41) is 2.10. The smallest absolute Gasteiger partial charge is 0.235 e. The van der Waals surface area contributed by atoms with E-state index in [1.165, 1.54) is 0 Å². The molecule has 0 unspecified atom stereocenters. The van der Waals surface area contributed by atoms with Crippen LogP contribution in [0.2, 0.25) is 0 Å². The summed E-state index contributed by atoms with van der Waals surface area (Å²) in [7, 11) is 0. The first-order valence-electron chi connectivity index (χ1n) is 9.28. The first-order valence-corrected chi connectivity index (χ1v) is 9.28. The average molecular weight is 362 g/mol. The third-order valence-corrected chi connectivity index (χ3v) is 5.16. The van der Waals surface area contributed by atoms with Crippen LogP contribution in [0.5, 0.6) is 0 Å². The van der Waals surface area contributed by atoms with Crippen molar-refractivity contribution >= 4 is 33.3 Å². The Morgan fingerprint density at radius 3 is 2.68 bits per heavy atom. The van der Waals surface area contributed by atoms with Crippen LogP contribution in [-0.4, -0.2) is 15.5 Å². The van der Waals surface area contributed by atoms with Crippen molar-refractivity contribution in [2.45, 2.75) is 6.42 Å².